The van der Waals surface area contributed by atoms with Crippen molar-refractivity contribution in [3.05, 3.63) is 235 Å². The number of hydrogen-bond donors (Lipinski definition) is 0. The van der Waals surface area contributed by atoms with Gasteiger partial charge in [0.2, 0.25) is 5.95 Å². The van der Waals surface area contributed by atoms with Gasteiger partial charge < -0.3 is 4.42 Å². The minimum atomic E-state index is -0.437. The number of furan rings is 1. The molecule has 0 amide bonds. The van der Waals surface area contributed by atoms with Crippen LogP contribution >= 0.6 is 0 Å². The molecule has 0 radical (unpaired) electrons. The average molecular weight is 802 g/mol. The third-order valence-corrected chi connectivity index (χ3v) is 13.7. The first kappa shape index (κ1) is 34.4. The van der Waals surface area contributed by atoms with E-state index in [4.69, 9.17) is 14.4 Å². The molecule has 4 nitrogen and oxygen atoms in total. The predicted octanol–water partition coefficient (Wildman–Crippen LogP) is 14.8. The molecule has 2 aliphatic rings. The normalized spacial score (nSPS) is 13.2. The Balaban J connectivity index is 1.01. The van der Waals surface area contributed by atoms with Gasteiger partial charge in [0.25, 0.3) is 0 Å². The van der Waals surface area contributed by atoms with Gasteiger partial charge in [0.1, 0.15) is 11.2 Å². The molecule has 0 aliphatic heterocycles. The van der Waals surface area contributed by atoms with Crippen LogP contribution in [0.1, 0.15) is 22.3 Å². The molecule has 1 spiro atoms. The van der Waals surface area contributed by atoms with E-state index in [1.54, 1.807) is 0 Å². The molecule has 0 saturated heterocycles. The van der Waals surface area contributed by atoms with E-state index in [9.17, 15) is 0 Å². The van der Waals surface area contributed by atoms with Crippen LogP contribution in [0, 0.1) is 0 Å². The van der Waals surface area contributed by atoms with Gasteiger partial charge in [0.05, 0.1) is 27.8 Å². The SMILES string of the molecule is c1ccc(-c2cc(-c3ccccc3)nc(-n3c4ccccc4c4ccc(-c5cccc6oc7cc8c(cc7c56)-c5ccccc5C85c6ccccc6-c6ccccc65)cc43)n2)cc1. The van der Waals surface area contributed by atoms with Crippen LogP contribution in [-0.4, -0.2) is 14.5 Å². The van der Waals surface area contributed by atoms with Crippen molar-refractivity contribution >= 4 is 43.7 Å². The van der Waals surface area contributed by atoms with E-state index in [0.29, 0.717) is 5.95 Å². The van der Waals surface area contributed by atoms with Crippen LogP contribution < -0.4 is 0 Å². The summed E-state index contributed by atoms with van der Waals surface area (Å²) in [6.07, 6.45) is 0. The van der Waals surface area contributed by atoms with Gasteiger partial charge in [-0.1, -0.05) is 176 Å². The third-order valence-electron chi connectivity index (χ3n) is 13.7. The molecule has 0 unspecified atom stereocenters. The summed E-state index contributed by atoms with van der Waals surface area (Å²) in [7, 11) is 0. The van der Waals surface area contributed by atoms with Crippen LogP contribution in [0.2, 0.25) is 0 Å². The summed E-state index contributed by atoms with van der Waals surface area (Å²) in [6.45, 7) is 0. The maximum Gasteiger partial charge on any atom is 0.235 e. The first-order chi connectivity index (χ1) is 31.2. The summed E-state index contributed by atoms with van der Waals surface area (Å²) >= 11 is 0. The van der Waals surface area contributed by atoms with Crippen LogP contribution in [0.4, 0.5) is 0 Å². The highest BCUT2D eigenvalue weighted by Gasteiger charge is 2.51. The molecular weight excluding hydrogens is 767 g/mol. The monoisotopic (exact) mass is 801 g/mol. The first-order valence-electron chi connectivity index (χ1n) is 21.6. The van der Waals surface area contributed by atoms with Crippen molar-refractivity contribution in [3.63, 3.8) is 0 Å². The molecular formula is C59H35N3O. The van der Waals surface area contributed by atoms with Crippen molar-refractivity contribution < 1.29 is 4.42 Å². The van der Waals surface area contributed by atoms with Gasteiger partial charge in [0.15, 0.2) is 0 Å². The van der Waals surface area contributed by atoms with Crippen molar-refractivity contribution in [1.29, 1.82) is 0 Å². The van der Waals surface area contributed by atoms with Gasteiger partial charge in [-0.2, -0.15) is 0 Å². The van der Waals surface area contributed by atoms with E-state index in [1.807, 2.05) is 12.1 Å². The smallest absolute Gasteiger partial charge is 0.235 e. The van der Waals surface area contributed by atoms with E-state index in [1.165, 1.54) is 44.5 Å². The van der Waals surface area contributed by atoms with Crippen LogP contribution in [0.5, 0.6) is 0 Å². The number of fused-ring (bicyclic) bond motifs is 16. The van der Waals surface area contributed by atoms with E-state index in [2.05, 4.69) is 205 Å². The standard InChI is InChI=1S/C59H35N3O/c1-3-16-36(17-4-1)51-35-52(37-18-5-2-6-19-37)61-58(60-51)62-53-28-14-10-23-43(53)44-31-30-38(32-54(44)62)39-24-15-29-55-57(39)46-33-45-42-22-9-13-27-49(42)59(50(45)34-56(46)63-55)47-25-11-7-20-40(47)41-21-8-12-26-48(41)59/h1-35H. The molecule has 14 rings (SSSR count). The summed E-state index contributed by atoms with van der Waals surface area (Å²) in [6, 6.07) is 76.4. The van der Waals surface area contributed by atoms with Gasteiger partial charge in [-0.3, -0.25) is 4.57 Å². The zero-order chi connectivity index (χ0) is 41.2. The fraction of sp³-hybridized carbons (Fsp3) is 0.0169. The summed E-state index contributed by atoms with van der Waals surface area (Å²) in [5.41, 5.74) is 19.8. The van der Waals surface area contributed by atoms with Crippen molar-refractivity contribution in [2.24, 2.45) is 0 Å². The van der Waals surface area contributed by atoms with Gasteiger partial charge >= 0.3 is 0 Å². The predicted molar refractivity (Wildman–Crippen MR) is 256 cm³/mol. The van der Waals surface area contributed by atoms with Crippen LogP contribution in [0.25, 0.3) is 106 Å². The van der Waals surface area contributed by atoms with Crippen molar-refractivity contribution in [1.82, 2.24) is 14.5 Å². The molecule has 63 heavy (non-hydrogen) atoms. The summed E-state index contributed by atoms with van der Waals surface area (Å²) in [5.74, 6) is 0.628. The lowest BCUT2D eigenvalue weighted by Gasteiger charge is -2.30. The largest absolute Gasteiger partial charge is 0.456 e. The van der Waals surface area contributed by atoms with Gasteiger partial charge in [0, 0.05) is 32.7 Å². The number of aromatic nitrogens is 3. The Hall–Kier alpha value is -8.34. The van der Waals surface area contributed by atoms with Crippen LogP contribution in [0.3, 0.4) is 0 Å². The quantitative estimate of drug-likeness (QED) is 0.178. The Morgan fingerprint density at radius 3 is 1.57 bits per heavy atom. The van der Waals surface area contributed by atoms with E-state index in [0.717, 1.165) is 77.4 Å². The Labute approximate surface area is 363 Å². The Morgan fingerprint density at radius 2 is 0.905 bits per heavy atom. The molecule has 0 bridgehead atoms. The van der Waals surface area contributed by atoms with E-state index < -0.39 is 5.41 Å². The summed E-state index contributed by atoms with van der Waals surface area (Å²) < 4.78 is 9.17. The Morgan fingerprint density at radius 1 is 0.349 bits per heavy atom. The number of hydrogen-bond acceptors (Lipinski definition) is 3. The second-order valence-corrected chi connectivity index (χ2v) is 16.8. The van der Waals surface area contributed by atoms with Crippen molar-refractivity contribution in [2.45, 2.75) is 5.41 Å². The molecule has 9 aromatic carbocycles. The van der Waals surface area contributed by atoms with Crippen molar-refractivity contribution in [2.75, 3.05) is 0 Å². The first-order valence-corrected chi connectivity index (χ1v) is 21.6. The Kier molecular flexibility index (Phi) is 7.01. The third kappa shape index (κ3) is 4.69. The fourth-order valence-corrected chi connectivity index (χ4v) is 11.1. The lowest BCUT2D eigenvalue weighted by Crippen LogP contribution is -2.25. The molecule has 0 atom stereocenters. The molecule has 4 heteroatoms. The summed E-state index contributed by atoms with van der Waals surface area (Å²) in [4.78, 5) is 10.6. The number of benzene rings is 9. The highest BCUT2D eigenvalue weighted by Crippen LogP contribution is 2.63. The lowest BCUT2D eigenvalue weighted by atomic mass is 9.70. The molecule has 292 valence electrons. The molecule has 0 fully saturated rings. The zero-order valence-corrected chi connectivity index (χ0v) is 34.0. The minimum Gasteiger partial charge on any atom is -0.456 e. The molecule has 12 aromatic rings. The molecule has 3 heterocycles. The second kappa shape index (κ2) is 12.8. The molecule has 0 N–H and O–H groups in total. The topological polar surface area (TPSA) is 43.9 Å². The second-order valence-electron chi connectivity index (χ2n) is 16.8. The van der Waals surface area contributed by atoms with Gasteiger partial charge in [-0.25, -0.2) is 9.97 Å². The molecule has 0 saturated carbocycles. The lowest BCUT2D eigenvalue weighted by molar-refractivity contribution is 0.666. The number of para-hydroxylation sites is 1. The zero-order valence-electron chi connectivity index (χ0n) is 34.0. The van der Waals surface area contributed by atoms with Gasteiger partial charge in [-0.15, -0.1) is 0 Å². The number of nitrogens with zero attached hydrogens (tertiary/aromatic N) is 3. The highest BCUT2D eigenvalue weighted by molar-refractivity contribution is 6.16. The summed E-state index contributed by atoms with van der Waals surface area (Å²) in [5, 5.41) is 4.51. The van der Waals surface area contributed by atoms with Crippen molar-refractivity contribution in [3.8, 4) is 61.8 Å². The fourth-order valence-electron chi connectivity index (χ4n) is 11.1. The maximum atomic E-state index is 6.93. The molecule has 3 aromatic heterocycles. The number of rotatable bonds is 4. The van der Waals surface area contributed by atoms with E-state index in [-0.39, 0.29) is 0 Å². The van der Waals surface area contributed by atoms with E-state index >= 15 is 0 Å². The molecule has 2 aliphatic carbocycles. The van der Waals surface area contributed by atoms with Crippen LogP contribution in [0.15, 0.2) is 217 Å². The van der Waals surface area contributed by atoms with Gasteiger partial charge in [-0.05, 0) is 92.0 Å². The minimum absolute atomic E-state index is 0.437. The maximum absolute atomic E-state index is 6.93. The average Bonchev–Trinajstić information content (AvgIpc) is 4.07. The van der Waals surface area contributed by atoms with Crippen LogP contribution in [-0.2, 0) is 5.41 Å². The highest BCUT2D eigenvalue weighted by atomic mass is 16.3. The Bertz CT molecular complexity index is 3760.